The van der Waals surface area contributed by atoms with Crippen molar-refractivity contribution in [3.8, 4) is 0 Å². The maximum absolute atomic E-state index is 10.5. The van der Waals surface area contributed by atoms with Crippen molar-refractivity contribution < 1.29 is 24.2 Å². The van der Waals surface area contributed by atoms with Gasteiger partial charge in [-0.2, -0.15) is 4.98 Å². The van der Waals surface area contributed by atoms with E-state index in [1.807, 2.05) is 0 Å². The van der Waals surface area contributed by atoms with Gasteiger partial charge in [0, 0.05) is 0 Å². The molecule has 2 aromatic heterocycles. The fourth-order valence-corrected chi connectivity index (χ4v) is 1.03. The third kappa shape index (κ3) is 1.50. The van der Waals surface area contributed by atoms with Crippen LogP contribution in [-0.2, 0) is 0 Å². The van der Waals surface area contributed by atoms with Crippen molar-refractivity contribution in [2.24, 2.45) is 0 Å². The third-order valence-corrected chi connectivity index (χ3v) is 1.66. The molecular formula is C8H4N2O5. The van der Waals surface area contributed by atoms with Gasteiger partial charge in [0.1, 0.15) is 0 Å². The number of carboxylic acid groups (broad SMARTS) is 2. The molecule has 2 rings (SSSR count). The molecule has 0 unspecified atom stereocenters. The van der Waals surface area contributed by atoms with E-state index in [9.17, 15) is 9.59 Å². The number of hydrogen-bond acceptors (Lipinski definition) is 5. The Balaban J connectivity index is 2.62. The van der Waals surface area contributed by atoms with E-state index in [4.69, 9.17) is 14.6 Å². The van der Waals surface area contributed by atoms with E-state index >= 15 is 0 Å². The Kier molecular flexibility index (Phi) is 1.86. The highest BCUT2D eigenvalue weighted by molar-refractivity contribution is 5.89. The molecule has 0 bridgehead atoms. The number of pyridine rings is 1. The molecule has 0 radical (unpaired) electrons. The first-order valence-corrected chi connectivity index (χ1v) is 3.82. The van der Waals surface area contributed by atoms with Gasteiger partial charge in [-0.1, -0.05) is 0 Å². The van der Waals surface area contributed by atoms with Crippen molar-refractivity contribution in [2.75, 3.05) is 0 Å². The van der Waals surface area contributed by atoms with E-state index in [1.165, 1.54) is 12.1 Å². The average Bonchev–Trinajstić information content (AvgIpc) is 2.59. The molecule has 0 aromatic carbocycles. The van der Waals surface area contributed by atoms with Crippen molar-refractivity contribution in [3.63, 3.8) is 0 Å². The van der Waals surface area contributed by atoms with E-state index in [1.54, 1.807) is 0 Å². The van der Waals surface area contributed by atoms with Crippen LogP contribution in [0.25, 0.3) is 11.2 Å². The van der Waals surface area contributed by atoms with E-state index < -0.39 is 17.8 Å². The van der Waals surface area contributed by atoms with Gasteiger partial charge in [-0.25, -0.2) is 14.6 Å². The summed E-state index contributed by atoms with van der Waals surface area (Å²) in [6, 6.07) is 2.52. The lowest BCUT2D eigenvalue weighted by molar-refractivity contribution is 0.0653. The first kappa shape index (κ1) is 9.13. The molecule has 2 N–H and O–H groups in total. The Hall–Kier alpha value is -2.44. The molecule has 2 aromatic rings. The normalized spacial score (nSPS) is 10.4. The van der Waals surface area contributed by atoms with Gasteiger partial charge in [0.2, 0.25) is 0 Å². The summed E-state index contributed by atoms with van der Waals surface area (Å²) in [7, 11) is 0. The highest BCUT2D eigenvalue weighted by Gasteiger charge is 2.15. The van der Waals surface area contributed by atoms with Crippen LogP contribution in [0.1, 0.15) is 21.2 Å². The molecule has 0 aliphatic carbocycles. The second-order valence-electron chi connectivity index (χ2n) is 2.65. The number of nitrogens with zero attached hydrogens (tertiary/aromatic N) is 2. The number of rotatable bonds is 2. The predicted octanol–water partition coefficient (Wildman–Crippen LogP) is 0.619. The van der Waals surface area contributed by atoms with Crippen LogP contribution in [0.3, 0.4) is 0 Å². The van der Waals surface area contributed by atoms with Gasteiger partial charge in [-0.3, -0.25) is 0 Å². The van der Waals surface area contributed by atoms with Crippen molar-refractivity contribution in [1.29, 1.82) is 0 Å². The Morgan fingerprint density at radius 1 is 1.13 bits per heavy atom. The average molecular weight is 208 g/mol. The summed E-state index contributed by atoms with van der Waals surface area (Å²) in [5, 5.41) is 17.2. The minimum absolute atomic E-state index is 0.0349. The van der Waals surface area contributed by atoms with Gasteiger partial charge in [-0.15, -0.1) is 0 Å². The Morgan fingerprint density at radius 3 is 2.47 bits per heavy atom. The van der Waals surface area contributed by atoms with Crippen LogP contribution in [0.15, 0.2) is 16.5 Å². The SMILES string of the molecule is O=C(O)c1ccc2oc(C(=O)O)nc2n1. The van der Waals surface area contributed by atoms with Gasteiger partial charge in [0.05, 0.1) is 0 Å². The minimum Gasteiger partial charge on any atom is -0.477 e. The lowest BCUT2D eigenvalue weighted by atomic mass is 10.3. The number of carbonyl (C=O) groups is 2. The van der Waals surface area contributed by atoms with Crippen LogP contribution in [0.5, 0.6) is 0 Å². The van der Waals surface area contributed by atoms with Gasteiger partial charge in [-0.05, 0) is 12.1 Å². The number of hydrogen-bond donors (Lipinski definition) is 2. The first-order chi connectivity index (χ1) is 7.08. The van der Waals surface area contributed by atoms with Gasteiger partial charge < -0.3 is 14.6 Å². The highest BCUT2D eigenvalue weighted by atomic mass is 16.4. The standard InChI is InChI=1S/C8H4N2O5/c11-7(12)3-1-2-4-5(9-3)10-6(15-4)8(13)14/h1-2H,(H,11,12)(H,13,14). The predicted molar refractivity (Wildman–Crippen MR) is 45.7 cm³/mol. The number of aromatic nitrogens is 2. The number of fused-ring (bicyclic) bond motifs is 1. The summed E-state index contributed by atoms with van der Waals surface area (Å²) in [4.78, 5) is 28.2. The zero-order valence-corrected chi connectivity index (χ0v) is 7.17. The molecule has 7 heteroatoms. The van der Waals surface area contributed by atoms with Crippen LogP contribution >= 0.6 is 0 Å². The van der Waals surface area contributed by atoms with Gasteiger partial charge >= 0.3 is 17.8 Å². The lowest BCUT2D eigenvalue weighted by Gasteiger charge is -1.90. The fraction of sp³-hybridized carbons (Fsp3) is 0. The highest BCUT2D eigenvalue weighted by Crippen LogP contribution is 2.13. The molecule has 0 atom stereocenters. The van der Waals surface area contributed by atoms with Crippen molar-refractivity contribution in [1.82, 2.24) is 9.97 Å². The van der Waals surface area contributed by atoms with E-state index in [2.05, 4.69) is 9.97 Å². The third-order valence-electron chi connectivity index (χ3n) is 1.66. The van der Waals surface area contributed by atoms with E-state index in [0.29, 0.717) is 0 Å². The topological polar surface area (TPSA) is 114 Å². The maximum Gasteiger partial charge on any atom is 0.392 e. The molecule has 15 heavy (non-hydrogen) atoms. The molecule has 0 aliphatic rings. The van der Waals surface area contributed by atoms with Crippen LogP contribution < -0.4 is 0 Å². The zero-order chi connectivity index (χ0) is 11.0. The molecule has 0 saturated heterocycles. The quantitative estimate of drug-likeness (QED) is 0.743. The van der Waals surface area contributed by atoms with Crippen molar-refractivity contribution in [2.45, 2.75) is 0 Å². The summed E-state index contributed by atoms with van der Waals surface area (Å²) in [5.41, 5.74) is -0.113. The van der Waals surface area contributed by atoms with Crippen LogP contribution in [0.2, 0.25) is 0 Å². The lowest BCUT2D eigenvalue weighted by Crippen LogP contribution is -1.99. The van der Waals surface area contributed by atoms with Crippen LogP contribution in [-0.4, -0.2) is 32.1 Å². The summed E-state index contributed by atoms with van der Waals surface area (Å²) < 4.78 is 4.80. The van der Waals surface area contributed by atoms with Crippen molar-refractivity contribution in [3.05, 3.63) is 23.7 Å². The summed E-state index contributed by atoms with van der Waals surface area (Å²) >= 11 is 0. The maximum atomic E-state index is 10.5. The molecule has 0 spiro atoms. The second kappa shape index (κ2) is 3.05. The Labute approximate surface area is 82.0 Å². The van der Waals surface area contributed by atoms with Gasteiger partial charge in [0.25, 0.3) is 0 Å². The van der Waals surface area contributed by atoms with Crippen LogP contribution in [0.4, 0.5) is 0 Å². The zero-order valence-electron chi connectivity index (χ0n) is 7.17. The smallest absolute Gasteiger partial charge is 0.392 e. The largest absolute Gasteiger partial charge is 0.477 e. The summed E-state index contributed by atoms with van der Waals surface area (Å²) in [5.74, 6) is -3.05. The molecular weight excluding hydrogens is 204 g/mol. The molecule has 0 fully saturated rings. The summed E-state index contributed by atoms with van der Waals surface area (Å²) in [6.07, 6.45) is 0. The van der Waals surface area contributed by atoms with Gasteiger partial charge in [0.15, 0.2) is 16.9 Å². The number of aromatic carboxylic acids is 2. The number of carboxylic acids is 2. The molecule has 0 saturated carbocycles. The Morgan fingerprint density at radius 2 is 1.87 bits per heavy atom. The summed E-state index contributed by atoms with van der Waals surface area (Å²) in [6.45, 7) is 0. The molecule has 0 aliphatic heterocycles. The van der Waals surface area contributed by atoms with E-state index in [-0.39, 0.29) is 16.9 Å². The van der Waals surface area contributed by atoms with Crippen LogP contribution in [0, 0.1) is 0 Å². The molecule has 0 amide bonds. The first-order valence-electron chi connectivity index (χ1n) is 3.82. The second-order valence-corrected chi connectivity index (χ2v) is 2.65. The van der Waals surface area contributed by atoms with E-state index in [0.717, 1.165) is 0 Å². The molecule has 76 valence electrons. The number of oxazole rings is 1. The fourth-order valence-electron chi connectivity index (χ4n) is 1.03. The molecule has 2 heterocycles. The molecule has 7 nitrogen and oxygen atoms in total. The Bertz CT molecular complexity index is 547. The minimum atomic E-state index is -1.33. The monoisotopic (exact) mass is 208 g/mol. The van der Waals surface area contributed by atoms with Crippen molar-refractivity contribution >= 4 is 23.2 Å².